The Bertz CT molecular complexity index is 439. The molecular formula is C12H15F2NO3. The zero-order chi connectivity index (χ0) is 13.3. The van der Waals surface area contributed by atoms with Crippen LogP contribution in [-0.2, 0) is 0 Å². The molecule has 1 aliphatic rings. The molecule has 0 saturated carbocycles. The first-order chi connectivity index (χ1) is 8.43. The maximum atomic E-state index is 12.8. The number of aliphatic hydroxyl groups is 1. The highest BCUT2D eigenvalue weighted by Gasteiger charge is 2.43. The second kappa shape index (κ2) is 4.70. The van der Waals surface area contributed by atoms with Crippen LogP contribution in [0.15, 0.2) is 18.2 Å². The molecule has 0 aromatic heterocycles. The molecule has 0 radical (unpaired) electrons. The monoisotopic (exact) mass is 259 g/mol. The molecule has 0 aliphatic carbocycles. The van der Waals surface area contributed by atoms with Crippen LogP contribution < -0.4 is 15.2 Å². The molecule has 1 aromatic rings. The van der Waals surface area contributed by atoms with Crippen LogP contribution in [0.25, 0.3) is 0 Å². The smallest absolute Gasteiger partial charge is 0.395 e. The van der Waals surface area contributed by atoms with Crippen LogP contribution in [0.5, 0.6) is 11.5 Å². The van der Waals surface area contributed by atoms with Crippen molar-refractivity contribution in [2.24, 2.45) is 5.73 Å². The largest absolute Gasteiger partial charge is 0.586 e. The number of rotatable bonds is 4. The lowest BCUT2D eigenvalue weighted by molar-refractivity contribution is -0.286. The number of nitrogens with two attached hydrogens (primary N) is 1. The number of ether oxygens (including phenoxy) is 2. The normalized spacial score (nSPS) is 19.6. The van der Waals surface area contributed by atoms with E-state index in [0.717, 1.165) is 6.42 Å². The molecular weight excluding hydrogens is 244 g/mol. The minimum Gasteiger partial charge on any atom is -0.395 e. The summed E-state index contributed by atoms with van der Waals surface area (Å²) >= 11 is 0. The summed E-state index contributed by atoms with van der Waals surface area (Å²) < 4.78 is 34.3. The Morgan fingerprint density at radius 2 is 2.00 bits per heavy atom. The fraction of sp³-hybridized carbons (Fsp3) is 0.500. The quantitative estimate of drug-likeness (QED) is 0.869. The number of alkyl halides is 2. The number of halogens is 2. The molecule has 0 spiro atoms. The molecule has 3 N–H and O–H groups in total. The first-order valence-corrected chi connectivity index (χ1v) is 5.76. The van der Waals surface area contributed by atoms with Crippen molar-refractivity contribution in [2.45, 2.75) is 38.2 Å². The van der Waals surface area contributed by atoms with E-state index in [0.29, 0.717) is 12.0 Å². The number of hydrogen-bond acceptors (Lipinski definition) is 4. The van der Waals surface area contributed by atoms with Gasteiger partial charge in [0, 0.05) is 0 Å². The zero-order valence-electron chi connectivity index (χ0n) is 9.90. The lowest BCUT2D eigenvalue weighted by Crippen LogP contribution is -2.26. The van der Waals surface area contributed by atoms with E-state index < -0.39 is 18.4 Å². The maximum Gasteiger partial charge on any atom is 0.586 e. The van der Waals surface area contributed by atoms with Gasteiger partial charge in [-0.25, -0.2) is 0 Å². The Morgan fingerprint density at radius 3 is 2.67 bits per heavy atom. The molecule has 100 valence electrons. The van der Waals surface area contributed by atoms with Gasteiger partial charge in [0.15, 0.2) is 11.5 Å². The van der Waals surface area contributed by atoms with E-state index in [1.807, 2.05) is 6.92 Å². The predicted molar refractivity (Wildman–Crippen MR) is 60.5 cm³/mol. The minimum atomic E-state index is -3.63. The van der Waals surface area contributed by atoms with E-state index >= 15 is 0 Å². The minimum absolute atomic E-state index is 0.0269. The highest BCUT2D eigenvalue weighted by Crippen LogP contribution is 2.42. The SMILES string of the molecule is CCC[C@H](O)[C@H](N)c1ccc2c(c1)OC(F)(F)O2. The van der Waals surface area contributed by atoms with Gasteiger partial charge in [0.2, 0.25) is 0 Å². The Kier molecular flexibility index (Phi) is 3.41. The summed E-state index contributed by atoms with van der Waals surface area (Å²) in [6, 6.07) is 3.66. The summed E-state index contributed by atoms with van der Waals surface area (Å²) in [6.45, 7) is 1.93. The van der Waals surface area contributed by atoms with Gasteiger partial charge in [-0.15, -0.1) is 8.78 Å². The van der Waals surface area contributed by atoms with Crippen molar-refractivity contribution in [3.63, 3.8) is 0 Å². The van der Waals surface area contributed by atoms with Gasteiger partial charge in [0.05, 0.1) is 12.1 Å². The van der Waals surface area contributed by atoms with E-state index in [-0.39, 0.29) is 11.5 Å². The van der Waals surface area contributed by atoms with Crippen LogP contribution >= 0.6 is 0 Å². The standard InChI is InChI=1S/C12H15F2NO3/c1-2-3-8(16)11(15)7-4-5-9-10(6-7)18-12(13,14)17-9/h4-6,8,11,16H,2-3,15H2,1H3/t8-,11+/m0/s1. The Morgan fingerprint density at radius 1 is 1.33 bits per heavy atom. The van der Waals surface area contributed by atoms with Crippen molar-refractivity contribution in [3.8, 4) is 11.5 Å². The van der Waals surface area contributed by atoms with Crippen LogP contribution in [0.2, 0.25) is 0 Å². The average molecular weight is 259 g/mol. The third kappa shape index (κ3) is 2.54. The van der Waals surface area contributed by atoms with Gasteiger partial charge in [0.1, 0.15) is 0 Å². The van der Waals surface area contributed by atoms with Gasteiger partial charge in [-0.3, -0.25) is 0 Å². The van der Waals surface area contributed by atoms with Crippen LogP contribution in [-0.4, -0.2) is 17.5 Å². The second-order valence-corrected chi connectivity index (χ2v) is 4.26. The zero-order valence-corrected chi connectivity index (χ0v) is 9.90. The lowest BCUT2D eigenvalue weighted by Gasteiger charge is -2.18. The first kappa shape index (κ1) is 13.0. The summed E-state index contributed by atoms with van der Waals surface area (Å²) in [5.74, 6) is -0.0856. The lowest BCUT2D eigenvalue weighted by atomic mass is 9.99. The molecule has 2 rings (SSSR count). The summed E-state index contributed by atoms with van der Waals surface area (Å²) in [7, 11) is 0. The third-order valence-electron chi connectivity index (χ3n) is 2.81. The van der Waals surface area contributed by atoms with Crippen LogP contribution in [0.1, 0.15) is 31.4 Å². The van der Waals surface area contributed by atoms with Crippen LogP contribution in [0.4, 0.5) is 8.78 Å². The summed E-state index contributed by atoms with van der Waals surface area (Å²) in [4.78, 5) is 0. The van der Waals surface area contributed by atoms with Crippen molar-refractivity contribution in [1.82, 2.24) is 0 Å². The molecule has 0 saturated heterocycles. The summed E-state index contributed by atoms with van der Waals surface area (Å²) in [5.41, 5.74) is 6.39. The van der Waals surface area contributed by atoms with Crippen molar-refractivity contribution < 1.29 is 23.4 Å². The molecule has 0 fully saturated rings. The molecule has 2 atom stereocenters. The van der Waals surface area contributed by atoms with Crippen LogP contribution in [0.3, 0.4) is 0 Å². The molecule has 0 bridgehead atoms. The van der Waals surface area contributed by atoms with E-state index in [4.69, 9.17) is 5.73 Å². The van der Waals surface area contributed by atoms with Gasteiger partial charge in [-0.1, -0.05) is 19.4 Å². The highest BCUT2D eigenvalue weighted by molar-refractivity contribution is 5.46. The molecule has 1 heterocycles. The molecule has 0 unspecified atom stereocenters. The Balaban J connectivity index is 2.18. The highest BCUT2D eigenvalue weighted by atomic mass is 19.3. The van der Waals surface area contributed by atoms with Gasteiger partial charge in [-0.05, 0) is 24.1 Å². The van der Waals surface area contributed by atoms with Gasteiger partial charge in [0.25, 0.3) is 0 Å². The first-order valence-electron chi connectivity index (χ1n) is 5.76. The Hall–Kier alpha value is -1.40. The molecule has 6 heteroatoms. The van der Waals surface area contributed by atoms with Crippen molar-refractivity contribution in [3.05, 3.63) is 23.8 Å². The third-order valence-corrected chi connectivity index (χ3v) is 2.81. The number of benzene rings is 1. The van der Waals surface area contributed by atoms with E-state index in [9.17, 15) is 13.9 Å². The maximum absolute atomic E-state index is 12.8. The topological polar surface area (TPSA) is 64.7 Å². The van der Waals surface area contributed by atoms with Crippen molar-refractivity contribution >= 4 is 0 Å². The van der Waals surface area contributed by atoms with E-state index in [2.05, 4.69) is 9.47 Å². The average Bonchev–Trinajstić information content (AvgIpc) is 2.60. The summed E-state index contributed by atoms with van der Waals surface area (Å²) in [6.07, 6.45) is -3.01. The Labute approximate surface area is 103 Å². The fourth-order valence-corrected chi connectivity index (χ4v) is 1.87. The van der Waals surface area contributed by atoms with Gasteiger partial charge < -0.3 is 20.3 Å². The molecule has 4 nitrogen and oxygen atoms in total. The molecule has 1 aliphatic heterocycles. The van der Waals surface area contributed by atoms with Crippen molar-refractivity contribution in [2.75, 3.05) is 0 Å². The van der Waals surface area contributed by atoms with E-state index in [1.165, 1.54) is 12.1 Å². The van der Waals surface area contributed by atoms with Gasteiger partial charge in [-0.2, -0.15) is 0 Å². The van der Waals surface area contributed by atoms with Crippen molar-refractivity contribution in [1.29, 1.82) is 0 Å². The van der Waals surface area contributed by atoms with Gasteiger partial charge >= 0.3 is 6.29 Å². The fourth-order valence-electron chi connectivity index (χ4n) is 1.87. The predicted octanol–water partition coefficient (Wildman–Crippen LogP) is 2.17. The summed E-state index contributed by atoms with van der Waals surface area (Å²) in [5, 5.41) is 9.78. The number of aliphatic hydroxyl groups excluding tert-OH is 1. The molecule has 1 aromatic carbocycles. The van der Waals surface area contributed by atoms with E-state index in [1.54, 1.807) is 6.07 Å². The number of fused-ring (bicyclic) bond motifs is 1. The molecule has 0 amide bonds. The second-order valence-electron chi connectivity index (χ2n) is 4.26. The van der Waals surface area contributed by atoms with Crippen LogP contribution in [0, 0.1) is 0 Å². The number of hydrogen-bond donors (Lipinski definition) is 2. The molecule has 18 heavy (non-hydrogen) atoms.